The summed E-state index contributed by atoms with van der Waals surface area (Å²) in [6.45, 7) is 8.30. The summed E-state index contributed by atoms with van der Waals surface area (Å²) >= 11 is 0. The summed E-state index contributed by atoms with van der Waals surface area (Å²) in [4.78, 5) is 2.81. The zero-order chi connectivity index (χ0) is 16.3. The van der Waals surface area contributed by atoms with E-state index in [4.69, 9.17) is 4.74 Å². The van der Waals surface area contributed by atoms with Gasteiger partial charge in [0.25, 0.3) is 0 Å². The molecule has 1 saturated carbocycles. The monoisotopic (exact) mass is 323 g/mol. The van der Waals surface area contributed by atoms with Crippen molar-refractivity contribution < 1.29 is 4.74 Å². The molecule has 2 aliphatic rings. The summed E-state index contributed by atoms with van der Waals surface area (Å²) in [7, 11) is 0. The van der Waals surface area contributed by atoms with E-state index in [-0.39, 0.29) is 0 Å². The second kappa shape index (κ2) is 11.5. The van der Waals surface area contributed by atoms with Gasteiger partial charge >= 0.3 is 0 Å². The summed E-state index contributed by atoms with van der Waals surface area (Å²) in [5.41, 5.74) is 0. The van der Waals surface area contributed by atoms with Gasteiger partial charge in [-0.3, -0.25) is 0 Å². The molecule has 0 spiro atoms. The molecule has 23 heavy (non-hydrogen) atoms. The molecule has 0 amide bonds. The Morgan fingerprint density at radius 2 is 1.43 bits per heavy atom. The highest BCUT2D eigenvalue weighted by Crippen LogP contribution is 2.30. The molecule has 2 fully saturated rings. The van der Waals surface area contributed by atoms with Gasteiger partial charge in [0.05, 0.1) is 6.10 Å². The van der Waals surface area contributed by atoms with Crippen molar-refractivity contribution in [1.29, 1.82) is 0 Å². The molecular formula is C21H41NO. The maximum atomic E-state index is 6.07. The molecule has 0 aromatic carbocycles. The van der Waals surface area contributed by atoms with E-state index in [2.05, 4.69) is 18.7 Å². The highest BCUT2D eigenvalue weighted by Gasteiger charge is 2.28. The predicted molar refractivity (Wildman–Crippen MR) is 100.0 cm³/mol. The van der Waals surface area contributed by atoms with Crippen molar-refractivity contribution in [3.8, 4) is 0 Å². The molecule has 0 atom stereocenters. The van der Waals surface area contributed by atoms with Gasteiger partial charge in [-0.15, -0.1) is 0 Å². The average Bonchev–Trinajstić information content (AvgIpc) is 2.60. The fraction of sp³-hybridized carbons (Fsp3) is 1.00. The van der Waals surface area contributed by atoms with E-state index in [1.807, 2.05) is 0 Å². The minimum Gasteiger partial charge on any atom is -0.378 e. The molecule has 0 radical (unpaired) electrons. The molecular weight excluding hydrogens is 282 g/mol. The van der Waals surface area contributed by atoms with Gasteiger partial charge in [0, 0.05) is 12.6 Å². The van der Waals surface area contributed by atoms with Crippen LogP contribution in [0.15, 0.2) is 0 Å². The molecule has 2 nitrogen and oxygen atoms in total. The summed E-state index contributed by atoms with van der Waals surface area (Å²) in [5, 5.41) is 0. The van der Waals surface area contributed by atoms with E-state index in [1.165, 1.54) is 96.6 Å². The van der Waals surface area contributed by atoms with Crippen LogP contribution in [-0.2, 0) is 4.74 Å². The van der Waals surface area contributed by atoms with Gasteiger partial charge in [0.2, 0.25) is 0 Å². The normalized spacial score (nSPS) is 27.4. The SMILES string of the molecule is CCCCCO[C@H]1CC[C@H](N2CCC(CCCCC)CC2)CC1. The van der Waals surface area contributed by atoms with E-state index in [0.717, 1.165) is 18.6 Å². The first-order chi connectivity index (χ1) is 11.3. The molecule has 1 saturated heterocycles. The molecule has 1 heterocycles. The smallest absolute Gasteiger partial charge is 0.0576 e. The van der Waals surface area contributed by atoms with Crippen LogP contribution in [0.2, 0.25) is 0 Å². The largest absolute Gasteiger partial charge is 0.378 e. The number of nitrogens with zero attached hydrogens (tertiary/aromatic N) is 1. The number of rotatable bonds is 10. The summed E-state index contributed by atoms with van der Waals surface area (Å²) in [6.07, 6.45) is 18.4. The van der Waals surface area contributed by atoms with Crippen molar-refractivity contribution in [1.82, 2.24) is 4.90 Å². The number of hydrogen-bond acceptors (Lipinski definition) is 2. The molecule has 2 rings (SSSR count). The Bertz CT molecular complexity index is 278. The molecule has 1 aliphatic carbocycles. The third-order valence-electron chi connectivity index (χ3n) is 6.13. The Morgan fingerprint density at radius 1 is 0.783 bits per heavy atom. The lowest BCUT2D eigenvalue weighted by Crippen LogP contribution is -2.44. The zero-order valence-corrected chi connectivity index (χ0v) is 15.9. The molecule has 0 N–H and O–H groups in total. The van der Waals surface area contributed by atoms with Gasteiger partial charge in [-0.25, -0.2) is 0 Å². The van der Waals surface area contributed by atoms with Crippen LogP contribution in [0.5, 0.6) is 0 Å². The Morgan fingerprint density at radius 3 is 2.09 bits per heavy atom. The molecule has 0 unspecified atom stereocenters. The lowest BCUT2D eigenvalue weighted by atomic mass is 9.87. The van der Waals surface area contributed by atoms with Crippen LogP contribution in [0.25, 0.3) is 0 Å². The maximum absolute atomic E-state index is 6.07. The van der Waals surface area contributed by atoms with Crippen molar-refractivity contribution in [3.63, 3.8) is 0 Å². The Kier molecular flexibility index (Phi) is 9.60. The van der Waals surface area contributed by atoms with Crippen LogP contribution < -0.4 is 0 Å². The zero-order valence-electron chi connectivity index (χ0n) is 15.9. The van der Waals surface area contributed by atoms with Gasteiger partial charge in [0.1, 0.15) is 0 Å². The number of hydrogen-bond donors (Lipinski definition) is 0. The molecule has 1 aliphatic heterocycles. The first-order valence-corrected chi connectivity index (χ1v) is 10.7. The fourth-order valence-corrected chi connectivity index (χ4v) is 4.47. The lowest BCUT2D eigenvalue weighted by Gasteiger charge is -2.40. The van der Waals surface area contributed by atoms with Crippen LogP contribution >= 0.6 is 0 Å². The number of likely N-dealkylation sites (tertiary alicyclic amines) is 1. The van der Waals surface area contributed by atoms with Crippen molar-refractivity contribution in [2.75, 3.05) is 19.7 Å². The third kappa shape index (κ3) is 7.13. The molecule has 0 aromatic heterocycles. The molecule has 136 valence electrons. The van der Waals surface area contributed by atoms with E-state index in [0.29, 0.717) is 6.10 Å². The second-order valence-electron chi connectivity index (χ2n) is 7.98. The number of piperidine rings is 1. The number of ether oxygens (including phenoxy) is 1. The molecule has 0 aromatic rings. The minimum atomic E-state index is 0.565. The summed E-state index contributed by atoms with van der Waals surface area (Å²) < 4.78 is 6.07. The van der Waals surface area contributed by atoms with Gasteiger partial charge in [0.15, 0.2) is 0 Å². The highest BCUT2D eigenvalue weighted by molar-refractivity contribution is 4.83. The lowest BCUT2D eigenvalue weighted by molar-refractivity contribution is 0.000225. The van der Waals surface area contributed by atoms with Crippen LogP contribution in [0, 0.1) is 5.92 Å². The molecule has 0 bridgehead atoms. The number of unbranched alkanes of at least 4 members (excludes halogenated alkanes) is 4. The van der Waals surface area contributed by atoms with Crippen LogP contribution in [0.1, 0.15) is 97.3 Å². The summed E-state index contributed by atoms with van der Waals surface area (Å²) in [5.74, 6) is 1.02. The Hall–Kier alpha value is -0.0800. The van der Waals surface area contributed by atoms with Gasteiger partial charge in [-0.2, -0.15) is 0 Å². The van der Waals surface area contributed by atoms with E-state index < -0.39 is 0 Å². The van der Waals surface area contributed by atoms with Crippen LogP contribution in [-0.4, -0.2) is 36.7 Å². The highest BCUT2D eigenvalue weighted by atomic mass is 16.5. The minimum absolute atomic E-state index is 0.565. The van der Waals surface area contributed by atoms with Crippen LogP contribution in [0.3, 0.4) is 0 Å². The van der Waals surface area contributed by atoms with Crippen molar-refractivity contribution >= 4 is 0 Å². The van der Waals surface area contributed by atoms with Crippen molar-refractivity contribution in [3.05, 3.63) is 0 Å². The van der Waals surface area contributed by atoms with Gasteiger partial charge in [-0.1, -0.05) is 52.4 Å². The second-order valence-corrected chi connectivity index (χ2v) is 7.98. The van der Waals surface area contributed by atoms with Gasteiger partial charge in [-0.05, 0) is 64.0 Å². The van der Waals surface area contributed by atoms with Gasteiger partial charge < -0.3 is 9.64 Å². The quantitative estimate of drug-likeness (QED) is 0.471. The first-order valence-electron chi connectivity index (χ1n) is 10.7. The predicted octanol–water partition coefficient (Wildman–Crippen LogP) is 5.80. The first kappa shape index (κ1) is 19.2. The summed E-state index contributed by atoms with van der Waals surface area (Å²) in [6, 6.07) is 0.863. The molecule has 2 heteroatoms. The maximum Gasteiger partial charge on any atom is 0.0576 e. The van der Waals surface area contributed by atoms with Crippen LogP contribution in [0.4, 0.5) is 0 Å². The van der Waals surface area contributed by atoms with Crippen molar-refractivity contribution in [2.45, 2.75) is 109 Å². The fourth-order valence-electron chi connectivity index (χ4n) is 4.47. The standard InChI is InChI=1S/C21H41NO/c1-3-5-7-9-19-14-16-22(17-15-19)20-10-12-21(13-11-20)23-18-8-6-4-2/h19-21H,3-18H2,1-2H3/t20-,21-. The third-order valence-corrected chi connectivity index (χ3v) is 6.13. The Labute approximate surface area is 145 Å². The topological polar surface area (TPSA) is 12.5 Å². The van der Waals surface area contributed by atoms with Crippen molar-refractivity contribution in [2.24, 2.45) is 5.92 Å². The van der Waals surface area contributed by atoms with E-state index in [9.17, 15) is 0 Å². The van der Waals surface area contributed by atoms with E-state index >= 15 is 0 Å². The Balaban J connectivity index is 1.55. The average molecular weight is 324 g/mol. The van der Waals surface area contributed by atoms with E-state index in [1.54, 1.807) is 0 Å².